The van der Waals surface area contributed by atoms with Crippen molar-refractivity contribution in [2.75, 3.05) is 11.4 Å². The molecule has 4 heteroatoms. The van der Waals surface area contributed by atoms with E-state index in [4.69, 9.17) is 0 Å². The van der Waals surface area contributed by atoms with Crippen molar-refractivity contribution in [1.29, 1.82) is 0 Å². The second kappa shape index (κ2) is 8.06. The molecule has 1 aliphatic rings. The van der Waals surface area contributed by atoms with Gasteiger partial charge in [-0.3, -0.25) is 9.59 Å². The predicted octanol–water partition coefficient (Wildman–Crippen LogP) is 4.89. The molecule has 0 radical (unpaired) electrons. The summed E-state index contributed by atoms with van der Waals surface area (Å²) in [6.45, 7) is 0.437. The SMILES string of the molecule is O=C(C[C@]1(O)C(=O)N(CCc2ccccc2)c2ccccc21)c1ccc2ccccc2c1. The second-order valence-electron chi connectivity index (χ2n) is 8.23. The van der Waals surface area contributed by atoms with E-state index in [1.807, 2.05) is 78.9 Å². The van der Waals surface area contributed by atoms with Gasteiger partial charge in [0.2, 0.25) is 0 Å². The van der Waals surface area contributed by atoms with E-state index in [0.29, 0.717) is 29.8 Å². The first-order valence-electron chi connectivity index (χ1n) is 10.8. The summed E-state index contributed by atoms with van der Waals surface area (Å²) in [5, 5.41) is 13.5. The number of hydrogen-bond acceptors (Lipinski definition) is 3. The zero-order valence-electron chi connectivity index (χ0n) is 17.6. The van der Waals surface area contributed by atoms with Gasteiger partial charge in [-0.15, -0.1) is 0 Å². The van der Waals surface area contributed by atoms with Crippen molar-refractivity contribution in [1.82, 2.24) is 0 Å². The van der Waals surface area contributed by atoms with Crippen molar-refractivity contribution in [3.8, 4) is 0 Å². The van der Waals surface area contributed by atoms with E-state index in [1.165, 1.54) is 0 Å². The van der Waals surface area contributed by atoms with Crippen molar-refractivity contribution in [3.63, 3.8) is 0 Å². The molecule has 0 saturated carbocycles. The number of hydrogen-bond donors (Lipinski definition) is 1. The smallest absolute Gasteiger partial charge is 0.264 e. The molecule has 4 aromatic carbocycles. The van der Waals surface area contributed by atoms with E-state index in [1.54, 1.807) is 23.1 Å². The molecule has 4 aromatic rings. The van der Waals surface area contributed by atoms with Gasteiger partial charge < -0.3 is 10.0 Å². The minimum atomic E-state index is -1.87. The lowest BCUT2D eigenvalue weighted by atomic mass is 9.88. The number of ketones is 1. The Hall–Kier alpha value is -3.76. The highest BCUT2D eigenvalue weighted by molar-refractivity contribution is 6.11. The fourth-order valence-corrected chi connectivity index (χ4v) is 4.48. The van der Waals surface area contributed by atoms with Crippen LogP contribution in [0.4, 0.5) is 5.69 Å². The summed E-state index contributed by atoms with van der Waals surface area (Å²) in [5.41, 5.74) is 0.899. The Morgan fingerprint density at radius 3 is 2.31 bits per heavy atom. The Kier molecular flexibility index (Phi) is 5.08. The monoisotopic (exact) mass is 421 g/mol. The number of nitrogens with zero attached hydrogens (tertiary/aromatic N) is 1. The molecule has 0 fully saturated rings. The third-order valence-corrected chi connectivity index (χ3v) is 6.19. The molecular formula is C28H23NO3. The van der Waals surface area contributed by atoms with Gasteiger partial charge in [-0.05, 0) is 34.9 Å². The fourth-order valence-electron chi connectivity index (χ4n) is 4.48. The van der Waals surface area contributed by atoms with E-state index in [9.17, 15) is 14.7 Å². The van der Waals surface area contributed by atoms with Gasteiger partial charge in [0.15, 0.2) is 11.4 Å². The second-order valence-corrected chi connectivity index (χ2v) is 8.23. The van der Waals surface area contributed by atoms with Gasteiger partial charge in [-0.2, -0.15) is 0 Å². The maximum Gasteiger partial charge on any atom is 0.264 e. The van der Waals surface area contributed by atoms with Crippen molar-refractivity contribution < 1.29 is 14.7 Å². The Morgan fingerprint density at radius 1 is 0.812 bits per heavy atom. The van der Waals surface area contributed by atoms with Gasteiger partial charge in [0, 0.05) is 17.7 Å². The highest BCUT2D eigenvalue weighted by Crippen LogP contribution is 2.43. The number of fused-ring (bicyclic) bond motifs is 2. The lowest BCUT2D eigenvalue weighted by Gasteiger charge is -2.23. The molecule has 1 N–H and O–H groups in total. The number of carbonyl (C=O) groups is 2. The number of Topliss-reactive ketones (excluding diaryl/α,β-unsaturated/α-hetero) is 1. The van der Waals surface area contributed by atoms with Crippen LogP contribution in [0.3, 0.4) is 0 Å². The van der Waals surface area contributed by atoms with Crippen LogP contribution in [0.15, 0.2) is 97.1 Å². The molecule has 0 aliphatic carbocycles. The zero-order chi connectivity index (χ0) is 22.1. The maximum atomic E-state index is 13.4. The lowest BCUT2D eigenvalue weighted by molar-refractivity contribution is -0.135. The minimum absolute atomic E-state index is 0.258. The van der Waals surface area contributed by atoms with E-state index in [2.05, 4.69) is 0 Å². The lowest BCUT2D eigenvalue weighted by Crippen LogP contribution is -2.42. The Bertz CT molecular complexity index is 1310. The first-order valence-corrected chi connectivity index (χ1v) is 10.8. The van der Waals surface area contributed by atoms with E-state index < -0.39 is 11.5 Å². The van der Waals surface area contributed by atoms with Gasteiger partial charge in [-0.1, -0.05) is 84.9 Å². The van der Waals surface area contributed by atoms with Crippen LogP contribution >= 0.6 is 0 Å². The van der Waals surface area contributed by atoms with Crippen LogP contribution in [0.1, 0.15) is 27.9 Å². The van der Waals surface area contributed by atoms with Gasteiger partial charge in [-0.25, -0.2) is 0 Å². The average Bonchev–Trinajstić information content (AvgIpc) is 3.04. The van der Waals surface area contributed by atoms with Crippen molar-refractivity contribution in [2.24, 2.45) is 0 Å². The van der Waals surface area contributed by atoms with Crippen LogP contribution in [0.2, 0.25) is 0 Å². The number of anilines is 1. The molecule has 0 bridgehead atoms. The van der Waals surface area contributed by atoms with Crippen LogP contribution in [-0.2, 0) is 16.8 Å². The molecule has 0 spiro atoms. The Morgan fingerprint density at radius 2 is 1.50 bits per heavy atom. The Labute approximate surface area is 186 Å². The Balaban J connectivity index is 1.43. The quantitative estimate of drug-likeness (QED) is 0.451. The summed E-state index contributed by atoms with van der Waals surface area (Å²) in [7, 11) is 0. The van der Waals surface area contributed by atoms with Crippen LogP contribution in [-0.4, -0.2) is 23.3 Å². The zero-order valence-corrected chi connectivity index (χ0v) is 17.6. The predicted molar refractivity (Wildman–Crippen MR) is 126 cm³/mol. The summed E-state index contributed by atoms with van der Waals surface area (Å²) in [6.07, 6.45) is 0.374. The molecule has 1 aliphatic heterocycles. The molecule has 158 valence electrons. The molecule has 0 saturated heterocycles. The molecule has 4 nitrogen and oxygen atoms in total. The van der Waals surface area contributed by atoms with E-state index in [0.717, 1.165) is 16.3 Å². The van der Waals surface area contributed by atoms with E-state index >= 15 is 0 Å². The summed E-state index contributed by atoms with van der Waals surface area (Å²) in [6, 6.07) is 30.4. The fraction of sp³-hybridized carbons (Fsp3) is 0.143. The summed E-state index contributed by atoms with van der Waals surface area (Å²) >= 11 is 0. The van der Waals surface area contributed by atoms with Gasteiger partial charge >= 0.3 is 0 Å². The van der Waals surface area contributed by atoms with Crippen LogP contribution in [0.5, 0.6) is 0 Å². The van der Waals surface area contributed by atoms with Gasteiger partial charge in [0.1, 0.15) is 0 Å². The molecule has 1 amide bonds. The highest BCUT2D eigenvalue weighted by atomic mass is 16.3. The van der Waals surface area contributed by atoms with Crippen molar-refractivity contribution >= 4 is 28.2 Å². The number of aliphatic hydroxyl groups is 1. The summed E-state index contributed by atoms with van der Waals surface area (Å²) < 4.78 is 0. The molecule has 0 aromatic heterocycles. The van der Waals surface area contributed by atoms with Crippen molar-refractivity contribution in [2.45, 2.75) is 18.4 Å². The van der Waals surface area contributed by atoms with Crippen LogP contribution in [0.25, 0.3) is 10.8 Å². The van der Waals surface area contributed by atoms with Crippen LogP contribution in [0, 0.1) is 0 Å². The summed E-state index contributed by atoms with van der Waals surface area (Å²) in [4.78, 5) is 28.2. The summed E-state index contributed by atoms with van der Waals surface area (Å²) in [5.74, 6) is -0.699. The highest BCUT2D eigenvalue weighted by Gasteiger charge is 2.50. The minimum Gasteiger partial charge on any atom is -0.375 e. The number of amides is 1. The molecule has 32 heavy (non-hydrogen) atoms. The van der Waals surface area contributed by atoms with Gasteiger partial charge in [0.25, 0.3) is 5.91 Å². The number of carbonyl (C=O) groups excluding carboxylic acids is 2. The van der Waals surface area contributed by atoms with E-state index in [-0.39, 0.29) is 12.2 Å². The third-order valence-electron chi connectivity index (χ3n) is 6.19. The number of para-hydroxylation sites is 1. The normalized spacial score (nSPS) is 17.5. The first kappa shape index (κ1) is 20.2. The largest absolute Gasteiger partial charge is 0.375 e. The molecule has 0 unspecified atom stereocenters. The molecule has 5 rings (SSSR count). The number of rotatable bonds is 6. The maximum absolute atomic E-state index is 13.4. The standard InChI is InChI=1S/C28H23NO3/c30-26(23-15-14-21-10-4-5-11-22(21)18-23)19-28(32)24-12-6-7-13-25(24)29(27(28)31)17-16-20-8-2-1-3-9-20/h1-15,18,32H,16-17,19H2/t28-/m1/s1. The van der Waals surface area contributed by atoms with Crippen LogP contribution < -0.4 is 4.90 Å². The topological polar surface area (TPSA) is 57.6 Å². The average molecular weight is 421 g/mol. The number of benzene rings is 4. The molecule has 1 heterocycles. The van der Waals surface area contributed by atoms with Gasteiger partial charge in [0.05, 0.1) is 12.1 Å². The molecular weight excluding hydrogens is 398 g/mol. The third kappa shape index (κ3) is 3.49. The first-order chi connectivity index (χ1) is 15.6. The van der Waals surface area contributed by atoms with Crippen molar-refractivity contribution in [3.05, 3.63) is 114 Å². The molecule has 1 atom stereocenters.